The molecule has 0 unspecified atom stereocenters. The largest absolute Gasteiger partial charge is 0.495 e. The molecule has 1 saturated carbocycles. The first-order valence-corrected chi connectivity index (χ1v) is 13.4. The summed E-state index contributed by atoms with van der Waals surface area (Å²) in [6, 6.07) is 4.43. The van der Waals surface area contributed by atoms with Crippen molar-refractivity contribution in [2.24, 2.45) is 5.92 Å². The Labute approximate surface area is 199 Å². The summed E-state index contributed by atoms with van der Waals surface area (Å²) in [5.41, 5.74) is 5.10. The number of aryl methyl sites for hydroxylation is 1. The second kappa shape index (κ2) is 8.79. The third kappa shape index (κ3) is 4.59. The molecule has 2 aromatic heterocycles. The quantitative estimate of drug-likeness (QED) is 0.524. The number of methoxy groups -OCH3 is 1. The molecule has 1 aliphatic carbocycles. The van der Waals surface area contributed by atoms with Crippen molar-refractivity contribution in [3.05, 3.63) is 35.2 Å². The SMILES string of the molecule is COc1cc2c(cc1Nc1ncc3c(C)nn([C@H]4C[C@H](CNS(C)(=O)=O)C4)c3n1)CN(C)CC2. The summed E-state index contributed by atoms with van der Waals surface area (Å²) in [7, 11) is 0.632. The normalized spacial score (nSPS) is 20.7. The van der Waals surface area contributed by atoms with Crippen LogP contribution in [0.5, 0.6) is 5.75 Å². The van der Waals surface area contributed by atoms with Gasteiger partial charge in [0.2, 0.25) is 16.0 Å². The predicted molar refractivity (Wildman–Crippen MR) is 131 cm³/mol. The predicted octanol–water partition coefficient (Wildman–Crippen LogP) is 2.38. The van der Waals surface area contributed by atoms with Crippen LogP contribution in [0.25, 0.3) is 11.0 Å². The van der Waals surface area contributed by atoms with Crippen molar-refractivity contribution >= 4 is 32.7 Å². The standard InChI is InChI=1S/C23H31N7O3S/c1-14-19-12-24-23(26-20-9-17-13-29(2)6-5-16(17)10-21(20)33-3)27-22(19)30(28-14)18-7-15(8-18)11-25-34(4,31)32/h9-10,12,15,18,25H,5-8,11,13H2,1-4H3,(H,24,26,27)/t15-,18-. The second-order valence-corrected chi connectivity index (χ2v) is 11.3. The van der Waals surface area contributed by atoms with E-state index in [9.17, 15) is 8.42 Å². The Hall–Kier alpha value is -2.76. The fourth-order valence-corrected chi connectivity index (χ4v) is 5.37. The lowest BCUT2D eigenvalue weighted by molar-refractivity contribution is 0.189. The van der Waals surface area contributed by atoms with E-state index >= 15 is 0 Å². The van der Waals surface area contributed by atoms with Crippen molar-refractivity contribution in [1.29, 1.82) is 0 Å². The number of sulfonamides is 1. The zero-order valence-electron chi connectivity index (χ0n) is 20.0. The monoisotopic (exact) mass is 485 g/mol. The number of aromatic nitrogens is 4. The highest BCUT2D eigenvalue weighted by Gasteiger charge is 2.33. The van der Waals surface area contributed by atoms with Crippen molar-refractivity contribution in [3.8, 4) is 5.75 Å². The van der Waals surface area contributed by atoms with Crippen LogP contribution in [0.2, 0.25) is 0 Å². The number of anilines is 2. The molecule has 2 N–H and O–H groups in total. The fraction of sp³-hybridized carbons (Fsp3) is 0.522. The highest BCUT2D eigenvalue weighted by atomic mass is 32.2. The number of nitrogens with one attached hydrogen (secondary N) is 2. The van der Waals surface area contributed by atoms with Gasteiger partial charge in [0.25, 0.3) is 0 Å². The second-order valence-electron chi connectivity index (χ2n) is 9.51. The number of hydrogen-bond acceptors (Lipinski definition) is 8. The van der Waals surface area contributed by atoms with Crippen LogP contribution in [0.15, 0.2) is 18.3 Å². The minimum absolute atomic E-state index is 0.194. The Balaban J connectivity index is 1.38. The van der Waals surface area contributed by atoms with Gasteiger partial charge in [-0.3, -0.25) is 0 Å². The average Bonchev–Trinajstić information content (AvgIpc) is 3.07. The number of hydrogen-bond donors (Lipinski definition) is 2. The molecular formula is C23H31N7O3S. The maximum Gasteiger partial charge on any atom is 0.229 e. The molecule has 34 heavy (non-hydrogen) atoms. The Kier molecular flexibility index (Phi) is 5.95. The average molecular weight is 486 g/mol. The summed E-state index contributed by atoms with van der Waals surface area (Å²) in [6.45, 7) is 4.36. The molecule has 0 radical (unpaired) electrons. The van der Waals surface area contributed by atoms with Crippen LogP contribution < -0.4 is 14.8 Å². The van der Waals surface area contributed by atoms with Gasteiger partial charge >= 0.3 is 0 Å². The Morgan fingerprint density at radius 1 is 1.24 bits per heavy atom. The lowest BCUT2D eigenvalue weighted by atomic mass is 9.80. The van der Waals surface area contributed by atoms with E-state index in [0.717, 1.165) is 60.5 Å². The lowest BCUT2D eigenvalue weighted by Crippen LogP contribution is -2.37. The van der Waals surface area contributed by atoms with Crippen LogP contribution in [0.1, 0.15) is 35.7 Å². The molecule has 3 aromatic rings. The zero-order chi connectivity index (χ0) is 24.0. The van der Waals surface area contributed by atoms with E-state index in [2.05, 4.69) is 39.1 Å². The van der Waals surface area contributed by atoms with E-state index in [1.165, 1.54) is 17.4 Å². The molecule has 0 atom stereocenters. The molecule has 3 heterocycles. The smallest absolute Gasteiger partial charge is 0.229 e. The third-order valence-electron chi connectivity index (χ3n) is 6.80. The summed E-state index contributed by atoms with van der Waals surface area (Å²) in [5, 5.41) is 8.99. The van der Waals surface area contributed by atoms with Gasteiger partial charge in [0.15, 0.2) is 5.65 Å². The molecule has 5 rings (SSSR count). The minimum atomic E-state index is -3.17. The minimum Gasteiger partial charge on any atom is -0.495 e. The van der Waals surface area contributed by atoms with Crippen LogP contribution in [0, 0.1) is 12.8 Å². The van der Waals surface area contributed by atoms with E-state index in [-0.39, 0.29) is 6.04 Å². The Morgan fingerprint density at radius 2 is 2.03 bits per heavy atom. The molecule has 11 heteroatoms. The van der Waals surface area contributed by atoms with Crippen LogP contribution in [-0.2, 0) is 23.0 Å². The molecule has 2 aliphatic rings. The number of likely N-dealkylation sites (N-methyl/N-ethyl adjacent to an activating group) is 1. The van der Waals surface area contributed by atoms with Gasteiger partial charge in [-0.15, -0.1) is 0 Å². The summed E-state index contributed by atoms with van der Waals surface area (Å²) < 4.78 is 33.0. The van der Waals surface area contributed by atoms with Gasteiger partial charge in [-0.1, -0.05) is 0 Å². The van der Waals surface area contributed by atoms with Crippen LogP contribution in [0.4, 0.5) is 11.6 Å². The van der Waals surface area contributed by atoms with Crippen LogP contribution in [0.3, 0.4) is 0 Å². The molecule has 1 fully saturated rings. The molecule has 0 spiro atoms. The Morgan fingerprint density at radius 3 is 2.76 bits per heavy atom. The highest BCUT2D eigenvalue weighted by Crippen LogP contribution is 2.39. The summed E-state index contributed by atoms with van der Waals surface area (Å²) in [6.07, 6.45) is 5.72. The van der Waals surface area contributed by atoms with Crippen LogP contribution >= 0.6 is 0 Å². The first-order chi connectivity index (χ1) is 16.2. The van der Waals surface area contributed by atoms with Crippen molar-refractivity contribution in [1.82, 2.24) is 29.4 Å². The maximum absolute atomic E-state index is 11.4. The molecule has 1 aromatic carbocycles. The fourth-order valence-electron chi connectivity index (χ4n) is 4.83. The van der Waals surface area contributed by atoms with E-state index in [1.54, 1.807) is 7.11 Å². The number of rotatable bonds is 7. The van der Waals surface area contributed by atoms with Gasteiger partial charge in [-0.25, -0.2) is 22.8 Å². The van der Waals surface area contributed by atoms with Crippen molar-refractivity contribution in [2.45, 2.75) is 38.8 Å². The van der Waals surface area contributed by atoms with Gasteiger partial charge in [0.1, 0.15) is 5.75 Å². The summed E-state index contributed by atoms with van der Waals surface area (Å²) in [5.74, 6) is 1.57. The number of fused-ring (bicyclic) bond motifs is 2. The zero-order valence-corrected chi connectivity index (χ0v) is 20.8. The van der Waals surface area contributed by atoms with Crippen LogP contribution in [-0.4, -0.2) is 66.6 Å². The topological polar surface area (TPSA) is 114 Å². The highest BCUT2D eigenvalue weighted by molar-refractivity contribution is 7.88. The molecule has 1 aliphatic heterocycles. The van der Waals surface area contributed by atoms with Gasteiger partial charge in [-0.2, -0.15) is 10.1 Å². The van der Waals surface area contributed by atoms with Crippen molar-refractivity contribution < 1.29 is 13.2 Å². The first-order valence-electron chi connectivity index (χ1n) is 11.5. The summed E-state index contributed by atoms with van der Waals surface area (Å²) >= 11 is 0. The van der Waals surface area contributed by atoms with Crippen molar-refractivity contribution in [3.63, 3.8) is 0 Å². The van der Waals surface area contributed by atoms with E-state index in [0.29, 0.717) is 18.4 Å². The molecule has 10 nitrogen and oxygen atoms in total. The Bertz CT molecular complexity index is 1330. The third-order valence-corrected chi connectivity index (χ3v) is 7.49. The molecule has 0 saturated heterocycles. The first kappa shape index (κ1) is 23.0. The number of benzene rings is 1. The maximum atomic E-state index is 11.4. The van der Waals surface area contributed by atoms with Gasteiger partial charge in [-0.05, 0) is 62.4 Å². The molecular weight excluding hydrogens is 454 g/mol. The number of nitrogens with zero attached hydrogens (tertiary/aromatic N) is 5. The van der Waals surface area contributed by atoms with E-state index in [1.807, 2.05) is 17.8 Å². The van der Waals surface area contributed by atoms with E-state index < -0.39 is 10.0 Å². The molecule has 0 amide bonds. The van der Waals surface area contributed by atoms with Gasteiger partial charge in [0, 0.05) is 25.8 Å². The molecule has 0 bridgehead atoms. The lowest BCUT2D eigenvalue weighted by Gasteiger charge is -2.35. The van der Waals surface area contributed by atoms with Gasteiger partial charge < -0.3 is 15.0 Å². The van der Waals surface area contributed by atoms with Crippen molar-refractivity contribution in [2.75, 3.05) is 38.8 Å². The number of ether oxygens (including phenoxy) is 1. The van der Waals surface area contributed by atoms with Gasteiger partial charge in [0.05, 0.1) is 36.2 Å². The van der Waals surface area contributed by atoms with E-state index in [4.69, 9.17) is 14.8 Å². The molecule has 182 valence electrons. The summed E-state index contributed by atoms with van der Waals surface area (Å²) in [4.78, 5) is 11.6.